The molecule has 0 bridgehead atoms. The van der Waals surface area contributed by atoms with Crippen LogP contribution < -0.4 is 9.47 Å². The highest BCUT2D eigenvalue weighted by atomic mass is 19.4. The molecule has 2 saturated carbocycles. The van der Waals surface area contributed by atoms with Gasteiger partial charge in [0.2, 0.25) is 0 Å². The van der Waals surface area contributed by atoms with Gasteiger partial charge in [0.15, 0.2) is 11.5 Å². The molecule has 2 aliphatic rings. The third-order valence-electron chi connectivity index (χ3n) is 5.28. The number of ether oxygens (including phenoxy) is 2. The molecule has 1 aromatic rings. The Labute approximate surface area is 141 Å². The van der Waals surface area contributed by atoms with Crippen LogP contribution in [0.15, 0.2) is 12.1 Å². The lowest BCUT2D eigenvalue weighted by atomic mass is 9.94. The van der Waals surface area contributed by atoms with E-state index in [-0.39, 0.29) is 17.6 Å². The Balaban J connectivity index is 1.84. The van der Waals surface area contributed by atoms with Crippen LogP contribution >= 0.6 is 0 Å². The van der Waals surface area contributed by atoms with Crippen LogP contribution in [0.5, 0.6) is 11.5 Å². The van der Waals surface area contributed by atoms with Crippen molar-refractivity contribution in [2.45, 2.75) is 77.2 Å². The zero-order valence-electron chi connectivity index (χ0n) is 14.1. The quantitative estimate of drug-likeness (QED) is 0.658. The van der Waals surface area contributed by atoms with Crippen LogP contribution in [0.4, 0.5) is 13.2 Å². The fourth-order valence-electron chi connectivity index (χ4n) is 3.98. The van der Waals surface area contributed by atoms with E-state index in [1.165, 1.54) is 12.8 Å². The summed E-state index contributed by atoms with van der Waals surface area (Å²) in [7, 11) is 0. The van der Waals surface area contributed by atoms with E-state index in [1.807, 2.05) is 6.07 Å². The van der Waals surface area contributed by atoms with Crippen molar-refractivity contribution in [3.8, 4) is 11.5 Å². The van der Waals surface area contributed by atoms with E-state index < -0.39 is 6.36 Å². The lowest BCUT2D eigenvalue weighted by Crippen LogP contribution is -2.20. The molecule has 0 radical (unpaired) electrons. The number of benzene rings is 1. The first-order chi connectivity index (χ1) is 11.4. The predicted molar refractivity (Wildman–Crippen MR) is 86.4 cm³/mol. The number of halogens is 3. The summed E-state index contributed by atoms with van der Waals surface area (Å²) in [6.45, 7) is 1.72. The molecule has 2 fully saturated rings. The van der Waals surface area contributed by atoms with Crippen LogP contribution in [0.2, 0.25) is 0 Å². The average Bonchev–Trinajstić information content (AvgIpc) is 3.18. The van der Waals surface area contributed by atoms with Crippen LogP contribution in [-0.4, -0.2) is 12.5 Å². The zero-order chi connectivity index (χ0) is 17.2. The summed E-state index contributed by atoms with van der Waals surface area (Å²) >= 11 is 0. The Bertz CT molecular complexity index is 556. The van der Waals surface area contributed by atoms with Crippen LogP contribution in [0, 0.1) is 12.8 Å². The molecule has 2 nitrogen and oxygen atoms in total. The Morgan fingerprint density at radius 2 is 1.62 bits per heavy atom. The highest BCUT2D eigenvalue weighted by molar-refractivity contribution is 5.50. The zero-order valence-corrected chi connectivity index (χ0v) is 14.1. The van der Waals surface area contributed by atoms with E-state index >= 15 is 0 Å². The minimum Gasteiger partial charge on any atom is -0.487 e. The first-order valence-corrected chi connectivity index (χ1v) is 8.97. The molecule has 0 aromatic heterocycles. The van der Waals surface area contributed by atoms with Crippen molar-refractivity contribution in [1.82, 2.24) is 0 Å². The summed E-state index contributed by atoms with van der Waals surface area (Å²) in [5.74, 6) is 0.654. The molecule has 0 heterocycles. The topological polar surface area (TPSA) is 18.5 Å². The summed E-state index contributed by atoms with van der Waals surface area (Å²) < 4.78 is 48.8. The molecule has 0 N–H and O–H groups in total. The van der Waals surface area contributed by atoms with Crippen molar-refractivity contribution in [3.05, 3.63) is 23.3 Å². The molecule has 3 rings (SSSR count). The highest BCUT2D eigenvalue weighted by Gasteiger charge is 2.34. The van der Waals surface area contributed by atoms with Gasteiger partial charge in [0, 0.05) is 0 Å². The smallest absolute Gasteiger partial charge is 0.487 e. The Hall–Kier alpha value is -1.39. The fourth-order valence-corrected chi connectivity index (χ4v) is 3.98. The summed E-state index contributed by atoms with van der Waals surface area (Å²) in [6.07, 6.45) is 4.82. The van der Waals surface area contributed by atoms with Gasteiger partial charge in [-0.15, -0.1) is 13.2 Å². The first-order valence-electron chi connectivity index (χ1n) is 8.97. The van der Waals surface area contributed by atoms with Crippen LogP contribution in [0.25, 0.3) is 0 Å². The fraction of sp³-hybridized carbons (Fsp3) is 0.684. The van der Waals surface area contributed by atoms with Gasteiger partial charge in [0.05, 0.1) is 6.10 Å². The van der Waals surface area contributed by atoms with Gasteiger partial charge in [0.1, 0.15) is 0 Å². The van der Waals surface area contributed by atoms with E-state index in [0.29, 0.717) is 11.5 Å². The van der Waals surface area contributed by atoms with Gasteiger partial charge in [-0.25, -0.2) is 0 Å². The van der Waals surface area contributed by atoms with Crippen molar-refractivity contribution in [1.29, 1.82) is 0 Å². The van der Waals surface area contributed by atoms with E-state index in [4.69, 9.17) is 4.74 Å². The summed E-state index contributed by atoms with van der Waals surface area (Å²) in [5.41, 5.74) is 1.51. The molecule has 2 aliphatic carbocycles. The van der Waals surface area contributed by atoms with Crippen molar-refractivity contribution in [2.75, 3.05) is 0 Å². The molecular formula is C19H25F3O2. The summed E-state index contributed by atoms with van der Waals surface area (Å²) in [6, 6.07) is 3.58. The molecule has 134 valence electrons. The number of hydrogen-bond acceptors (Lipinski definition) is 2. The number of rotatable bonds is 5. The molecular weight excluding hydrogens is 317 g/mol. The van der Waals surface area contributed by atoms with Crippen LogP contribution in [0.1, 0.15) is 62.5 Å². The van der Waals surface area contributed by atoms with E-state index in [1.54, 1.807) is 13.0 Å². The highest BCUT2D eigenvalue weighted by Crippen LogP contribution is 2.40. The van der Waals surface area contributed by atoms with Gasteiger partial charge in [-0.05, 0) is 62.1 Å². The standard InChI is InChI=1S/C19H25F3O2/c1-13-15(12-14-6-2-3-7-14)10-11-17(18(13)24-19(20,21)22)23-16-8-4-5-9-16/h10-11,14,16H,2-9,12H2,1H3. The lowest BCUT2D eigenvalue weighted by molar-refractivity contribution is -0.275. The predicted octanol–water partition coefficient (Wildman–Crippen LogP) is 5.95. The van der Waals surface area contributed by atoms with Crippen molar-refractivity contribution in [3.63, 3.8) is 0 Å². The maximum Gasteiger partial charge on any atom is 0.573 e. The second-order valence-electron chi connectivity index (χ2n) is 7.10. The Morgan fingerprint density at radius 1 is 1.00 bits per heavy atom. The Kier molecular flexibility index (Phi) is 5.26. The average molecular weight is 342 g/mol. The second-order valence-corrected chi connectivity index (χ2v) is 7.10. The van der Waals surface area contributed by atoms with Gasteiger partial charge in [0.25, 0.3) is 0 Å². The second kappa shape index (κ2) is 7.24. The first kappa shape index (κ1) is 17.4. The minimum absolute atomic E-state index is 0.000616. The molecule has 0 unspecified atom stereocenters. The van der Waals surface area contributed by atoms with Crippen LogP contribution in [0.3, 0.4) is 0 Å². The largest absolute Gasteiger partial charge is 0.573 e. The normalized spacial score (nSPS) is 19.8. The maximum absolute atomic E-state index is 12.9. The third-order valence-corrected chi connectivity index (χ3v) is 5.28. The van der Waals surface area contributed by atoms with Crippen molar-refractivity contribution in [2.24, 2.45) is 5.92 Å². The van der Waals surface area contributed by atoms with Crippen molar-refractivity contribution >= 4 is 0 Å². The van der Waals surface area contributed by atoms with E-state index in [2.05, 4.69) is 4.74 Å². The lowest BCUT2D eigenvalue weighted by Gasteiger charge is -2.22. The van der Waals surface area contributed by atoms with Gasteiger partial charge in [-0.3, -0.25) is 0 Å². The van der Waals surface area contributed by atoms with Gasteiger partial charge >= 0.3 is 6.36 Å². The summed E-state index contributed by atoms with van der Waals surface area (Å²) in [4.78, 5) is 0. The molecule has 0 amide bonds. The monoisotopic (exact) mass is 342 g/mol. The molecule has 0 atom stereocenters. The number of alkyl halides is 3. The van der Waals surface area contributed by atoms with Gasteiger partial charge in [-0.1, -0.05) is 31.7 Å². The van der Waals surface area contributed by atoms with E-state index in [0.717, 1.165) is 50.5 Å². The molecule has 1 aromatic carbocycles. The molecule has 0 spiro atoms. The molecule has 0 aliphatic heterocycles. The van der Waals surface area contributed by atoms with E-state index in [9.17, 15) is 13.2 Å². The minimum atomic E-state index is -4.70. The van der Waals surface area contributed by atoms with Crippen LogP contribution in [-0.2, 0) is 6.42 Å². The van der Waals surface area contributed by atoms with Gasteiger partial charge < -0.3 is 9.47 Å². The maximum atomic E-state index is 12.9. The molecule has 24 heavy (non-hydrogen) atoms. The Morgan fingerprint density at radius 3 is 2.25 bits per heavy atom. The van der Waals surface area contributed by atoms with Gasteiger partial charge in [-0.2, -0.15) is 0 Å². The molecule has 5 heteroatoms. The SMILES string of the molecule is Cc1c(CC2CCCC2)ccc(OC2CCCC2)c1OC(F)(F)F. The van der Waals surface area contributed by atoms with Crippen molar-refractivity contribution < 1.29 is 22.6 Å². The number of hydrogen-bond donors (Lipinski definition) is 0. The summed E-state index contributed by atoms with van der Waals surface area (Å²) in [5, 5.41) is 0. The molecule has 0 saturated heterocycles. The third kappa shape index (κ3) is 4.37.